The molecule has 0 heterocycles. The van der Waals surface area contributed by atoms with Crippen molar-refractivity contribution in [2.24, 2.45) is 5.92 Å². The maximum absolute atomic E-state index is 10.6. The first kappa shape index (κ1) is 12.0. The van der Waals surface area contributed by atoms with Gasteiger partial charge in [0.1, 0.15) is 0 Å². The molecule has 0 unspecified atom stereocenters. The van der Waals surface area contributed by atoms with E-state index in [1.54, 1.807) is 0 Å². The summed E-state index contributed by atoms with van der Waals surface area (Å²) in [6, 6.07) is 0. The number of carboxylic acids is 2. The molecule has 0 amide bonds. The summed E-state index contributed by atoms with van der Waals surface area (Å²) in [7, 11) is 0. The van der Waals surface area contributed by atoms with Crippen LogP contribution in [0.5, 0.6) is 0 Å². The molecule has 86 valence electrons. The zero-order chi connectivity index (χ0) is 11.3. The van der Waals surface area contributed by atoms with E-state index in [0.717, 1.165) is 12.8 Å². The molecule has 0 aliphatic heterocycles. The summed E-state index contributed by atoms with van der Waals surface area (Å²) in [5.74, 6) is -1.85. The SMILES string of the molecule is O=C(O)CCOC1CCC(C(=O)O)CC1. The first-order chi connectivity index (χ1) is 7.09. The van der Waals surface area contributed by atoms with Gasteiger partial charge < -0.3 is 14.9 Å². The maximum atomic E-state index is 10.6. The van der Waals surface area contributed by atoms with Crippen molar-refractivity contribution < 1.29 is 24.5 Å². The summed E-state index contributed by atoms with van der Waals surface area (Å²) < 4.78 is 5.35. The summed E-state index contributed by atoms with van der Waals surface area (Å²) in [4.78, 5) is 20.9. The summed E-state index contributed by atoms with van der Waals surface area (Å²) >= 11 is 0. The van der Waals surface area contributed by atoms with Gasteiger partial charge in [-0.1, -0.05) is 0 Å². The zero-order valence-corrected chi connectivity index (χ0v) is 8.52. The lowest BCUT2D eigenvalue weighted by molar-refractivity contribution is -0.143. The summed E-state index contributed by atoms with van der Waals surface area (Å²) in [5.41, 5.74) is 0. The topological polar surface area (TPSA) is 83.8 Å². The van der Waals surface area contributed by atoms with Gasteiger partial charge in [0.2, 0.25) is 0 Å². The molecule has 0 spiro atoms. The molecule has 1 saturated carbocycles. The Bertz CT molecular complexity index is 227. The monoisotopic (exact) mass is 216 g/mol. The van der Waals surface area contributed by atoms with Gasteiger partial charge in [-0.3, -0.25) is 9.59 Å². The van der Waals surface area contributed by atoms with E-state index in [1.807, 2.05) is 0 Å². The fraction of sp³-hybridized carbons (Fsp3) is 0.800. The first-order valence-electron chi connectivity index (χ1n) is 5.16. The normalized spacial score (nSPS) is 26.1. The molecular formula is C10H16O5. The molecular weight excluding hydrogens is 200 g/mol. The second-order valence-corrected chi connectivity index (χ2v) is 3.83. The van der Waals surface area contributed by atoms with Crippen molar-refractivity contribution in [3.05, 3.63) is 0 Å². The Morgan fingerprint density at radius 2 is 1.73 bits per heavy atom. The van der Waals surface area contributed by atoms with Gasteiger partial charge in [-0.25, -0.2) is 0 Å². The van der Waals surface area contributed by atoms with Crippen molar-refractivity contribution >= 4 is 11.9 Å². The quantitative estimate of drug-likeness (QED) is 0.719. The second kappa shape index (κ2) is 5.70. The van der Waals surface area contributed by atoms with Crippen LogP contribution >= 0.6 is 0 Å². The number of hydrogen-bond donors (Lipinski definition) is 2. The number of carboxylic acid groups (broad SMARTS) is 2. The standard InChI is InChI=1S/C10H16O5/c11-9(12)5-6-15-8-3-1-7(2-4-8)10(13)14/h7-8H,1-6H2,(H,11,12)(H,13,14). The van der Waals surface area contributed by atoms with Gasteiger partial charge in [-0.05, 0) is 25.7 Å². The van der Waals surface area contributed by atoms with Crippen LogP contribution in [0.3, 0.4) is 0 Å². The Morgan fingerprint density at radius 3 is 2.20 bits per heavy atom. The average Bonchev–Trinajstić information content (AvgIpc) is 2.18. The van der Waals surface area contributed by atoms with Gasteiger partial charge in [0, 0.05) is 0 Å². The molecule has 1 aliphatic carbocycles. The van der Waals surface area contributed by atoms with Crippen LogP contribution in [0.2, 0.25) is 0 Å². The van der Waals surface area contributed by atoms with E-state index in [0.29, 0.717) is 12.8 Å². The second-order valence-electron chi connectivity index (χ2n) is 3.83. The highest BCUT2D eigenvalue weighted by Crippen LogP contribution is 2.26. The van der Waals surface area contributed by atoms with Crippen molar-refractivity contribution in [2.75, 3.05) is 6.61 Å². The average molecular weight is 216 g/mol. The number of rotatable bonds is 5. The van der Waals surface area contributed by atoms with E-state index < -0.39 is 11.9 Å². The lowest BCUT2D eigenvalue weighted by Gasteiger charge is -2.25. The summed E-state index contributed by atoms with van der Waals surface area (Å²) in [6.45, 7) is 0.220. The van der Waals surface area contributed by atoms with Crippen molar-refractivity contribution in [1.82, 2.24) is 0 Å². The van der Waals surface area contributed by atoms with Crippen molar-refractivity contribution in [2.45, 2.75) is 38.2 Å². The minimum Gasteiger partial charge on any atom is -0.481 e. The third-order valence-electron chi connectivity index (χ3n) is 2.69. The van der Waals surface area contributed by atoms with Crippen molar-refractivity contribution in [3.63, 3.8) is 0 Å². The molecule has 0 aromatic rings. The number of aliphatic carboxylic acids is 2. The predicted octanol–water partition coefficient (Wildman–Crippen LogP) is 1.12. The van der Waals surface area contributed by atoms with E-state index in [-0.39, 0.29) is 25.0 Å². The first-order valence-corrected chi connectivity index (χ1v) is 5.16. The highest BCUT2D eigenvalue weighted by Gasteiger charge is 2.26. The Kier molecular flexibility index (Phi) is 4.55. The van der Waals surface area contributed by atoms with E-state index in [4.69, 9.17) is 14.9 Å². The smallest absolute Gasteiger partial charge is 0.306 e. The highest BCUT2D eigenvalue weighted by molar-refractivity contribution is 5.70. The molecule has 0 bridgehead atoms. The molecule has 1 aliphatic rings. The Labute approximate surface area is 88.0 Å². The van der Waals surface area contributed by atoms with Crippen LogP contribution in [0.1, 0.15) is 32.1 Å². The van der Waals surface area contributed by atoms with Crippen LogP contribution in [0.25, 0.3) is 0 Å². The molecule has 0 atom stereocenters. The van der Waals surface area contributed by atoms with Crippen LogP contribution in [0.4, 0.5) is 0 Å². The van der Waals surface area contributed by atoms with Crippen molar-refractivity contribution in [1.29, 1.82) is 0 Å². The molecule has 0 aromatic carbocycles. The van der Waals surface area contributed by atoms with Crippen LogP contribution in [0, 0.1) is 5.92 Å². The van der Waals surface area contributed by atoms with Gasteiger partial charge in [0.15, 0.2) is 0 Å². The fourth-order valence-corrected chi connectivity index (χ4v) is 1.79. The van der Waals surface area contributed by atoms with Gasteiger partial charge >= 0.3 is 11.9 Å². The maximum Gasteiger partial charge on any atom is 0.306 e. The third-order valence-corrected chi connectivity index (χ3v) is 2.69. The highest BCUT2D eigenvalue weighted by atomic mass is 16.5. The number of carbonyl (C=O) groups is 2. The molecule has 5 nitrogen and oxygen atoms in total. The largest absolute Gasteiger partial charge is 0.481 e. The van der Waals surface area contributed by atoms with Gasteiger partial charge in [0.05, 0.1) is 25.0 Å². The molecule has 0 saturated heterocycles. The molecule has 1 fully saturated rings. The summed E-state index contributed by atoms with van der Waals surface area (Å²) in [6.07, 6.45) is 2.76. The van der Waals surface area contributed by atoms with Crippen LogP contribution < -0.4 is 0 Å². The molecule has 1 rings (SSSR count). The van der Waals surface area contributed by atoms with Crippen LogP contribution in [-0.2, 0) is 14.3 Å². The molecule has 0 aromatic heterocycles. The van der Waals surface area contributed by atoms with E-state index in [9.17, 15) is 9.59 Å². The molecule has 15 heavy (non-hydrogen) atoms. The van der Waals surface area contributed by atoms with Crippen LogP contribution in [-0.4, -0.2) is 34.9 Å². The summed E-state index contributed by atoms with van der Waals surface area (Å²) in [5, 5.41) is 17.2. The fourth-order valence-electron chi connectivity index (χ4n) is 1.79. The van der Waals surface area contributed by atoms with Gasteiger partial charge in [-0.15, -0.1) is 0 Å². The zero-order valence-electron chi connectivity index (χ0n) is 8.52. The van der Waals surface area contributed by atoms with Crippen molar-refractivity contribution in [3.8, 4) is 0 Å². The van der Waals surface area contributed by atoms with Gasteiger partial charge in [0.25, 0.3) is 0 Å². The van der Waals surface area contributed by atoms with E-state index >= 15 is 0 Å². The Hall–Kier alpha value is -1.10. The Morgan fingerprint density at radius 1 is 1.13 bits per heavy atom. The van der Waals surface area contributed by atoms with Gasteiger partial charge in [-0.2, -0.15) is 0 Å². The third kappa shape index (κ3) is 4.29. The lowest BCUT2D eigenvalue weighted by atomic mass is 9.87. The molecule has 0 radical (unpaired) electrons. The molecule has 5 heteroatoms. The predicted molar refractivity (Wildman–Crippen MR) is 51.6 cm³/mol. The minimum absolute atomic E-state index is 0.0128. The lowest BCUT2D eigenvalue weighted by Crippen LogP contribution is -2.26. The van der Waals surface area contributed by atoms with E-state index in [2.05, 4.69) is 0 Å². The number of ether oxygens (including phenoxy) is 1. The minimum atomic E-state index is -0.866. The van der Waals surface area contributed by atoms with Crippen LogP contribution in [0.15, 0.2) is 0 Å². The van der Waals surface area contributed by atoms with E-state index in [1.165, 1.54) is 0 Å². The Balaban J connectivity index is 2.14. The number of hydrogen-bond acceptors (Lipinski definition) is 3. The molecule has 2 N–H and O–H groups in total.